The normalized spacial score (nSPS) is 23.4. The van der Waals surface area contributed by atoms with Gasteiger partial charge in [-0.3, -0.25) is 4.79 Å². The first-order chi connectivity index (χ1) is 9.10. The lowest BCUT2D eigenvalue weighted by molar-refractivity contribution is 0.0674. The largest absolute Gasteiger partial charge is 0.336 e. The highest BCUT2D eigenvalue weighted by atomic mass is 32.2. The average molecular weight is 278 g/mol. The molecular formula is C15H22N2OS. The molecule has 1 aromatic carbocycles. The molecule has 3 nitrogen and oxygen atoms in total. The van der Waals surface area contributed by atoms with E-state index in [1.165, 1.54) is 5.56 Å². The van der Waals surface area contributed by atoms with Gasteiger partial charge >= 0.3 is 0 Å². The van der Waals surface area contributed by atoms with Gasteiger partial charge in [-0.2, -0.15) is 11.8 Å². The summed E-state index contributed by atoms with van der Waals surface area (Å²) < 4.78 is 0. The summed E-state index contributed by atoms with van der Waals surface area (Å²) in [4.78, 5) is 14.4. The molecule has 0 unspecified atom stereocenters. The highest BCUT2D eigenvalue weighted by molar-refractivity contribution is 7.97. The van der Waals surface area contributed by atoms with Crippen molar-refractivity contribution in [2.24, 2.45) is 0 Å². The fourth-order valence-electron chi connectivity index (χ4n) is 2.59. The monoisotopic (exact) mass is 278 g/mol. The second-order valence-electron chi connectivity index (χ2n) is 5.31. The molecule has 1 heterocycles. The van der Waals surface area contributed by atoms with E-state index in [1.807, 2.05) is 17.0 Å². The Kier molecular flexibility index (Phi) is 4.88. The molecule has 1 N–H and O–H groups in total. The molecule has 1 saturated heterocycles. The molecule has 0 bridgehead atoms. The fraction of sp³-hybridized carbons (Fsp3) is 0.533. The van der Waals surface area contributed by atoms with Crippen molar-refractivity contribution in [2.45, 2.75) is 31.7 Å². The van der Waals surface area contributed by atoms with Crippen LogP contribution < -0.4 is 5.32 Å². The first-order valence-electron chi connectivity index (χ1n) is 6.73. The number of nitrogens with one attached hydrogen (secondary N) is 1. The van der Waals surface area contributed by atoms with Gasteiger partial charge in [0.05, 0.1) is 0 Å². The van der Waals surface area contributed by atoms with Crippen LogP contribution in [0.5, 0.6) is 0 Å². The Bertz CT molecular complexity index is 422. The van der Waals surface area contributed by atoms with Gasteiger partial charge in [0, 0.05) is 36.5 Å². The zero-order valence-electron chi connectivity index (χ0n) is 11.8. The molecule has 0 radical (unpaired) electrons. The number of hydrogen-bond acceptors (Lipinski definition) is 3. The lowest BCUT2D eigenvalue weighted by atomic mass is 10.1. The summed E-state index contributed by atoms with van der Waals surface area (Å²) in [7, 11) is 0. The standard InChI is InChI=1S/C15H22N2OS/c1-11-8-17(9-12(2)16-11)15(18)14-6-4-13(5-7-14)10-19-3/h4-7,11-12,16H,8-10H2,1-3H3/t11-,12-/m0/s1. The molecule has 1 fully saturated rings. The molecule has 104 valence electrons. The predicted octanol–water partition coefficient (Wildman–Crippen LogP) is 2.37. The number of carbonyl (C=O) groups excluding carboxylic acids is 1. The molecule has 1 aliphatic rings. The number of benzene rings is 1. The second-order valence-corrected chi connectivity index (χ2v) is 6.17. The molecule has 0 spiro atoms. The van der Waals surface area contributed by atoms with Crippen LogP contribution in [0.4, 0.5) is 0 Å². The van der Waals surface area contributed by atoms with Gasteiger partial charge in [-0.25, -0.2) is 0 Å². The lowest BCUT2D eigenvalue weighted by Crippen LogP contribution is -2.55. The zero-order valence-corrected chi connectivity index (χ0v) is 12.7. The van der Waals surface area contributed by atoms with Crippen LogP contribution in [0, 0.1) is 0 Å². The van der Waals surface area contributed by atoms with E-state index < -0.39 is 0 Å². The van der Waals surface area contributed by atoms with Crippen molar-refractivity contribution >= 4 is 17.7 Å². The maximum absolute atomic E-state index is 12.5. The van der Waals surface area contributed by atoms with Crippen molar-refractivity contribution in [2.75, 3.05) is 19.3 Å². The predicted molar refractivity (Wildman–Crippen MR) is 81.6 cm³/mol. The van der Waals surface area contributed by atoms with Gasteiger partial charge in [-0.15, -0.1) is 0 Å². The van der Waals surface area contributed by atoms with E-state index in [0.717, 1.165) is 24.4 Å². The molecular weight excluding hydrogens is 256 g/mol. The Morgan fingerprint density at radius 1 is 1.26 bits per heavy atom. The average Bonchev–Trinajstić information content (AvgIpc) is 2.38. The van der Waals surface area contributed by atoms with E-state index in [1.54, 1.807) is 11.8 Å². The molecule has 0 aromatic heterocycles. The first kappa shape index (κ1) is 14.4. The number of rotatable bonds is 3. The van der Waals surface area contributed by atoms with Crippen LogP contribution in [-0.4, -0.2) is 42.2 Å². The van der Waals surface area contributed by atoms with E-state index in [9.17, 15) is 4.79 Å². The Morgan fingerprint density at radius 2 is 1.84 bits per heavy atom. The first-order valence-corrected chi connectivity index (χ1v) is 8.12. The van der Waals surface area contributed by atoms with Crippen molar-refractivity contribution in [3.63, 3.8) is 0 Å². The van der Waals surface area contributed by atoms with Gasteiger partial charge in [0.1, 0.15) is 0 Å². The Labute approximate surface area is 119 Å². The topological polar surface area (TPSA) is 32.3 Å². The molecule has 1 aromatic rings. The molecule has 2 rings (SSSR count). The third-order valence-corrected chi connectivity index (χ3v) is 3.98. The van der Waals surface area contributed by atoms with Crippen molar-refractivity contribution in [3.05, 3.63) is 35.4 Å². The van der Waals surface area contributed by atoms with Crippen LogP contribution >= 0.6 is 11.8 Å². The maximum Gasteiger partial charge on any atom is 0.253 e. The Balaban J connectivity index is 2.06. The van der Waals surface area contributed by atoms with Crippen molar-refractivity contribution in [1.29, 1.82) is 0 Å². The molecule has 1 aliphatic heterocycles. The summed E-state index contributed by atoms with van der Waals surface area (Å²) in [6.07, 6.45) is 2.09. The smallest absolute Gasteiger partial charge is 0.253 e. The SMILES string of the molecule is CSCc1ccc(C(=O)N2C[C@H](C)N[C@@H](C)C2)cc1. The summed E-state index contributed by atoms with van der Waals surface area (Å²) in [6.45, 7) is 5.82. The minimum Gasteiger partial charge on any atom is -0.336 e. The van der Waals surface area contributed by atoms with Crippen LogP contribution in [0.15, 0.2) is 24.3 Å². The molecule has 19 heavy (non-hydrogen) atoms. The highest BCUT2D eigenvalue weighted by Crippen LogP contribution is 2.14. The Hall–Kier alpha value is -1.00. The van der Waals surface area contributed by atoms with Gasteiger partial charge in [0.15, 0.2) is 0 Å². The molecule has 4 heteroatoms. The van der Waals surface area contributed by atoms with Crippen LogP contribution in [0.25, 0.3) is 0 Å². The highest BCUT2D eigenvalue weighted by Gasteiger charge is 2.25. The number of carbonyl (C=O) groups is 1. The van der Waals surface area contributed by atoms with Crippen molar-refractivity contribution in [1.82, 2.24) is 10.2 Å². The van der Waals surface area contributed by atoms with Gasteiger partial charge in [-0.05, 0) is 37.8 Å². The van der Waals surface area contributed by atoms with Gasteiger partial charge in [0.2, 0.25) is 0 Å². The van der Waals surface area contributed by atoms with Crippen LogP contribution in [0.2, 0.25) is 0 Å². The van der Waals surface area contributed by atoms with Crippen LogP contribution in [0.1, 0.15) is 29.8 Å². The van der Waals surface area contributed by atoms with Crippen molar-refractivity contribution < 1.29 is 4.79 Å². The van der Waals surface area contributed by atoms with Gasteiger partial charge < -0.3 is 10.2 Å². The third kappa shape index (κ3) is 3.74. The van der Waals surface area contributed by atoms with E-state index in [0.29, 0.717) is 12.1 Å². The molecule has 0 saturated carbocycles. The molecule has 2 atom stereocenters. The fourth-order valence-corrected chi connectivity index (χ4v) is 3.11. The van der Waals surface area contributed by atoms with E-state index in [-0.39, 0.29) is 5.91 Å². The second kappa shape index (κ2) is 6.44. The van der Waals surface area contributed by atoms with Gasteiger partial charge in [0.25, 0.3) is 5.91 Å². The lowest BCUT2D eigenvalue weighted by Gasteiger charge is -2.36. The number of thioether (sulfide) groups is 1. The number of piperazine rings is 1. The summed E-state index contributed by atoms with van der Waals surface area (Å²) in [5.74, 6) is 1.15. The van der Waals surface area contributed by atoms with E-state index in [4.69, 9.17) is 0 Å². The summed E-state index contributed by atoms with van der Waals surface area (Å²) in [5, 5.41) is 3.44. The van der Waals surface area contributed by atoms with E-state index >= 15 is 0 Å². The summed E-state index contributed by atoms with van der Waals surface area (Å²) >= 11 is 1.79. The number of amides is 1. The minimum absolute atomic E-state index is 0.149. The Morgan fingerprint density at radius 3 is 2.37 bits per heavy atom. The molecule has 1 amide bonds. The summed E-state index contributed by atoms with van der Waals surface area (Å²) in [5.41, 5.74) is 2.07. The van der Waals surface area contributed by atoms with Crippen LogP contribution in [-0.2, 0) is 5.75 Å². The number of hydrogen-bond donors (Lipinski definition) is 1. The number of nitrogens with zero attached hydrogens (tertiary/aromatic N) is 1. The maximum atomic E-state index is 12.5. The minimum atomic E-state index is 0.149. The van der Waals surface area contributed by atoms with Gasteiger partial charge in [-0.1, -0.05) is 12.1 Å². The third-order valence-electron chi connectivity index (χ3n) is 3.36. The summed E-state index contributed by atoms with van der Waals surface area (Å²) in [6, 6.07) is 8.74. The van der Waals surface area contributed by atoms with Crippen LogP contribution in [0.3, 0.4) is 0 Å². The van der Waals surface area contributed by atoms with Crippen molar-refractivity contribution in [3.8, 4) is 0 Å². The zero-order chi connectivity index (χ0) is 13.8. The van der Waals surface area contributed by atoms with E-state index in [2.05, 4.69) is 37.6 Å². The molecule has 0 aliphatic carbocycles. The quantitative estimate of drug-likeness (QED) is 0.921.